The van der Waals surface area contributed by atoms with Crippen LogP contribution in [0.3, 0.4) is 0 Å². The molecule has 0 saturated heterocycles. The molecule has 106 valence electrons. The summed E-state index contributed by atoms with van der Waals surface area (Å²) in [5.74, 6) is 0.590. The zero-order valence-corrected chi connectivity index (χ0v) is 10.9. The summed E-state index contributed by atoms with van der Waals surface area (Å²) in [5.41, 5.74) is 0.581. The van der Waals surface area contributed by atoms with E-state index in [1.54, 1.807) is 30.3 Å². The molecular weight excluding hydrogens is 275 g/mol. The Labute approximate surface area is 120 Å². The van der Waals surface area contributed by atoms with E-state index in [1.165, 1.54) is 24.3 Å². The van der Waals surface area contributed by atoms with E-state index in [9.17, 15) is 9.18 Å². The van der Waals surface area contributed by atoms with Crippen molar-refractivity contribution in [1.82, 2.24) is 0 Å². The van der Waals surface area contributed by atoms with Gasteiger partial charge in [-0.05, 0) is 35.9 Å². The van der Waals surface area contributed by atoms with Crippen LogP contribution in [-0.2, 0) is 4.79 Å². The summed E-state index contributed by atoms with van der Waals surface area (Å²) in [4.78, 5) is 11.7. The topological polar surface area (TPSA) is 44.8 Å². The number of fused-ring (bicyclic) bond motifs is 1. The lowest BCUT2D eigenvalue weighted by Crippen LogP contribution is -2.03. The number of esters is 1. The highest BCUT2D eigenvalue weighted by molar-refractivity contribution is 5.88. The lowest BCUT2D eigenvalue weighted by Gasteiger charge is -2.02. The molecule has 21 heavy (non-hydrogen) atoms. The van der Waals surface area contributed by atoms with Gasteiger partial charge in [-0.25, -0.2) is 9.18 Å². The number of rotatable bonds is 3. The van der Waals surface area contributed by atoms with Crippen LogP contribution in [0, 0.1) is 5.82 Å². The van der Waals surface area contributed by atoms with Crippen molar-refractivity contribution in [2.45, 2.75) is 0 Å². The van der Waals surface area contributed by atoms with E-state index in [1.807, 2.05) is 0 Å². The van der Waals surface area contributed by atoms with Gasteiger partial charge in [-0.3, -0.25) is 0 Å². The van der Waals surface area contributed by atoms with E-state index in [4.69, 9.17) is 14.2 Å². The average Bonchev–Trinajstić information content (AvgIpc) is 2.93. The van der Waals surface area contributed by atoms with Crippen molar-refractivity contribution >= 4 is 12.0 Å². The molecule has 3 rings (SSSR count). The predicted octanol–water partition coefficient (Wildman–Crippen LogP) is 3.17. The van der Waals surface area contributed by atoms with Crippen LogP contribution in [-0.4, -0.2) is 12.8 Å². The van der Waals surface area contributed by atoms with Crippen molar-refractivity contribution in [3.63, 3.8) is 0 Å². The van der Waals surface area contributed by atoms with Crippen molar-refractivity contribution in [2.24, 2.45) is 0 Å². The van der Waals surface area contributed by atoms with Gasteiger partial charge in [-0.2, -0.15) is 0 Å². The van der Waals surface area contributed by atoms with E-state index < -0.39 is 5.97 Å². The number of hydrogen-bond acceptors (Lipinski definition) is 4. The third kappa shape index (κ3) is 3.20. The minimum atomic E-state index is -0.557. The second kappa shape index (κ2) is 5.66. The normalized spacial score (nSPS) is 12.6. The zero-order chi connectivity index (χ0) is 14.7. The molecule has 0 fully saturated rings. The highest BCUT2D eigenvalue weighted by atomic mass is 19.1. The Morgan fingerprint density at radius 1 is 1.14 bits per heavy atom. The Morgan fingerprint density at radius 2 is 2.00 bits per heavy atom. The van der Waals surface area contributed by atoms with Crippen molar-refractivity contribution in [3.8, 4) is 17.2 Å². The fourth-order valence-corrected chi connectivity index (χ4v) is 1.87. The van der Waals surface area contributed by atoms with Crippen LogP contribution in [0.4, 0.5) is 4.39 Å². The Balaban J connectivity index is 1.66. The molecule has 1 aliphatic heterocycles. The molecule has 0 atom stereocenters. The highest BCUT2D eigenvalue weighted by Crippen LogP contribution is 2.35. The van der Waals surface area contributed by atoms with Gasteiger partial charge in [0.2, 0.25) is 6.79 Å². The fourth-order valence-electron chi connectivity index (χ4n) is 1.87. The summed E-state index contributed by atoms with van der Waals surface area (Å²) >= 11 is 0. The number of carbonyl (C=O) groups is 1. The summed E-state index contributed by atoms with van der Waals surface area (Å²) in [6.07, 6.45) is 2.72. The molecule has 2 aromatic carbocycles. The molecule has 1 aliphatic rings. The number of ether oxygens (including phenoxy) is 3. The maximum absolute atomic E-state index is 13.0. The zero-order valence-electron chi connectivity index (χ0n) is 10.9. The maximum Gasteiger partial charge on any atom is 0.336 e. The monoisotopic (exact) mass is 286 g/mol. The summed E-state index contributed by atoms with van der Waals surface area (Å²) in [7, 11) is 0. The van der Waals surface area contributed by atoms with E-state index in [0.29, 0.717) is 22.8 Å². The Bertz CT molecular complexity index is 709. The van der Waals surface area contributed by atoms with Gasteiger partial charge in [0, 0.05) is 12.1 Å². The summed E-state index contributed by atoms with van der Waals surface area (Å²) < 4.78 is 28.5. The molecule has 0 aliphatic carbocycles. The van der Waals surface area contributed by atoms with Gasteiger partial charge in [0.1, 0.15) is 11.6 Å². The van der Waals surface area contributed by atoms with Gasteiger partial charge < -0.3 is 14.2 Å². The number of hydrogen-bond donors (Lipinski definition) is 0. The fraction of sp³-hybridized carbons (Fsp3) is 0.0625. The third-order valence-corrected chi connectivity index (χ3v) is 2.82. The Kier molecular flexibility index (Phi) is 3.55. The predicted molar refractivity (Wildman–Crippen MR) is 73.6 cm³/mol. The number of benzene rings is 2. The van der Waals surface area contributed by atoms with Gasteiger partial charge in [-0.15, -0.1) is 0 Å². The quantitative estimate of drug-likeness (QED) is 0.494. The van der Waals surface area contributed by atoms with Crippen LogP contribution in [0.1, 0.15) is 5.56 Å². The summed E-state index contributed by atoms with van der Waals surface area (Å²) in [5, 5.41) is 0. The lowest BCUT2D eigenvalue weighted by atomic mass is 10.2. The molecule has 0 N–H and O–H groups in total. The SMILES string of the molecule is O=C(/C=C/c1cccc(F)c1)Oc1ccc2c(c1)OCO2. The van der Waals surface area contributed by atoms with Crippen molar-refractivity contribution < 1.29 is 23.4 Å². The molecule has 0 unspecified atom stereocenters. The van der Waals surface area contributed by atoms with Crippen LogP contribution in [0.5, 0.6) is 17.2 Å². The smallest absolute Gasteiger partial charge is 0.336 e. The molecule has 2 aromatic rings. The van der Waals surface area contributed by atoms with Crippen LogP contribution in [0.25, 0.3) is 6.08 Å². The minimum Gasteiger partial charge on any atom is -0.454 e. The molecule has 0 saturated carbocycles. The molecule has 0 amide bonds. The summed E-state index contributed by atoms with van der Waals surface area (Å²) in [6.45, 7) is 0.159. The van der Waals surface area contributed by atoms with E-state index in [-0.39, 0.29) is 12.6 Å². The molecule has 0 aromatic heterocycles. The van der Waals surface area contributed by atoms with Crippen LogP contribution in [0.15, 0.2) is 48.5 Å². The van der Waals surface area contributed by atoms with Crippen LogP contribution in [0.2, 0.25) is 0 Å². The average molecular weight is 286 g/mol. The number of carbonyl (C=O) groups excluding carboxylic acids is 1. The van der Waals surface area contributed by atoms with Gasteiger partial charge in [-0.1, -0.05) is 12.1 Å². The molecule has 5 heteroatoms. The van der Waals surface area contributed by atoms with Crippen LogP contribution >= 0.6 is 0 Å². The largest absolute Gasteiger partial charge is 0.454 e. The Morgan fingerprint density at radius 3 is 2.86 bits per heavy atom. The Hall–Kier alpha value is -2.82. The van der Waals surface area contributed by atoms with Gasteiger partial charge >= 0.3 is 5.97 Å². The van der Waals surface area contributed by atoms with Crippen LogP contribution < -0.4 is 14.2 Å². The van der Waals surface area contributed by atoms with Gasteiger partial charge in [0.15, 0.2) is 11.5 Å². The van der Waals surface area contributed by atoms with Crippen molar-refractivity contribution in [1.29, 1.82) is 0 Å². The first-order chi connectivity index (χ1) is 10.2. The molecule has 4 nitrogen and oxygen atoms in total. The van der Waals surface area contributed by atoms with Gasteiger partial charge in [0.05, 0.1) is 0 Å². The summed E-state index contributed by atoms with van der Waals surface area (Å²) in [6, 6.07) is 10.8. The first kappa shape index (κ1) is 13.2. The lowest BCUT2D eigenvalue weighted by molar-refractivity contribution is -0.128. The highest BCUT2D eigenvalue weighted by Gasteiger charge is 2.14. The van der Waals surface area contributed by atoms with Gasteiger partial charge in [0.25, 0.3) is 0 Å². The van der Waals surface area contributed by atoms with E-state index in [0.717, 1.165) is 0 Å². The number of halogens is 1. The first-order valence-corrected chi connectivity index (χ1v) is 6.26. The van der Waals surface area contributed by atoms with E-state index in [2.05, 4.69) is 0 Å². The second-order valence-corrected chi connectivity index (χ2v) is 4.32. The van der Waals surface area contributed by atoms with Crippen molar-refractivity contribution in [3.05, 3.63) is 59.9 Å². The molecule has 0 bridgehead atoms. The third-order valence-electron chi connectivity index (χ3n) is 2.82. The van der Waals surface area contributed by atoms with E-state index >= 15 is 0 Å². The minimum absolute atomic E-state index is 0.159. The molecule has 0 radical (unpaired) electrons. The molecular formula is C16H11FO4. The maximum atomic E-state index is 13.0. The molecule has 1 heterocycles. The van der Waals surface area contributed by atoms with Crippen molar-refractivity contribution in [2.75, 3.05) is 6.79 Å². The first-order valence-electron chi connectivity index (χ1n) is 6.26. The standard InChI is InChI=1S/C16H11FO4/c17-12-3-1-2-11(8-12)4-7-16(18)21-13-5-6-14-15(9-13)20-10-19-14/h1-9H,10H2/b7-4+. The molecule has 0 spiro atoms. The second-order valence-electron chi connectivity index (χ2n) is 4.32.